The first-order valence-corrected chi connectivity index (χ1v) is 10.0. The first-order chi connectivity index (χ1) is 12.2. The minimum absolute atomic E-state index is 0.119. The molecule has 2 aromatic rings. The van der Waals surface area contributed by atoms with E-state index in [9.17, 15) is 4.79 Å². The van der Waals surface area contributed by atoms with Gasteiger partial charge in [-0.15, -0.1) is 5.10 Å². The van der Waals surface area contributed by atoms with Crippen molar-refractivity contribution in [2.24, 2.45) is 0 Å². The van der Waals surface area contributed by atoms with Crippen molar-refractivity contribution in [2.45, 2.75) is 55.9 Å². The number of hydrogen-bond acceptors (Lipinski definition) is 4. The molecule has 1 atom stereocenters. The van der Waals surface area contributed by atoms with E-state index in [2.05, 4.69) is 15.2 Å². The summed E-state index contributed by atoms with van der Waals surface area (Å²) in [6.07, 6.45) is 4.89. The summed E-state index contributed by atoms with van der Waals surface area (Å²) in [4.78, 5) is 19.6. The molecule has 6 heteroatoms. The van der Waals surface area contributed by atoms with Crippen molar-refractivity contribution in [3.05, 3.63) is 41.7 Å². The Morgan fingerprint density at radius 2 is 1.92 bits per heavy atom. The number of amides is 1. The molecule has 1 unspecified atom stereocenters. The van der Waals surface area contributed by atoms with E-state index in [0.717, 1.165) is 11.4 Å². The highest BCUT2D eigenvalue weighted by Crippen LogP contribution is 2.37. The fraction of sp³-hybridized carbons (Fsp3) is 0.526. The van der Waals surface area contributed by atoms with Crippen molar-refractivity contribution < 1.29 is 4.79 Å². The van der Waals surface area contributed by atoms with Gasteiger partial charge in [0.25, 0.3) is 0 Å². The third-order valence-corrected chi connectivity index (χ3v) is 5.95. The molecule has 1 fully saturated rings. The van der Waals surface area contributed by atoms with Crippen LogP contribution in [0.4, 0.5) is 0 Å². The smallest absolute Gasteiger partial charge is 0.240 e. The lowest BCUT2D eigenvalue weighted by Crippen LogP contribution is -2.33. The molecule has 0 spiro atoms. The SMILES string of the molecule is CCN(CC)C(=O)C(Sc1n[nH]c(C2CCCC2)n1)c1ccccc1. The molecule has 1 aromatic heterocycles. The Morgan fingerprint density at radius 3 is 2.56 bits per heavy atom. The zero-order chi connectivity index (χ0) is 17.6. The van der Waals surface area contributed by atoms with Crippen molar-refractivity contribution >= 4 is 17.7 Å². The normalized spacial score (nSPS) is 16.1. The minimum atomic E-state index is -0.312. The van der Waals surface area contributed by atoms with E-state index in [1.54, 1.807) is 0 Å². The summed E-state index contributed by atoms with van der Waals surface area (Å²) in [5.41, 5.74) is 0.997. The van der Waals surface area contributed by atoms with Crippen molar-refractivity contribution in [2.75, 3.05) is 13.1 Å². The molecule has 1 aliphatic rings. The Labute approximate surface area is 153 Å². The molecule has 0 saturated heterocycles. The fourth-order valence-electron chi connectivity index (χ4n) is 3.39. The third kappa shape index (κ3) is 4.24. The number of nitrogens with zero attached hydrogens (tertiary/aromatic N) is 3. The molecule has 5 nitrogen and oxygen atoms in total. The lowest BCUT2D eigenvalue weighted by Gasteiger charge is -2.24. The average Bonchev–Trinajstić information content (AvgIpc) is 3.33. The largest absolute Gasteiger partial charge is 0.342 e. The van der Waals surface area contributed by atoms with Gasteiger partial charge in [0.05, 0.1) is 0 Å². The van der Waals surface area contributed by atoms with Gasteiger partial charge >= 0.3 is 0 Å². The van der Waals surface area contributed by atoms with Crippen molar-refractivity contribution in [1.29, 1.82) is 0 Å². The van der Waals surface area contributed by atoms with Crippen LogP contribution in [0.25, 0.3) is 0 Å². The summed E-state index contributed by atoms with van der Waals surface area (Å²) in [5.74, 6) is 1.59. The van der Waals surface area contributed by atoms with Crippen molar-refractivity contribution in [3.8, 4) is 0 Å². The number of aromatic nitrogens is 3. The minimum Gasteiger partial charge on any atom is -0.342 e. The van der Waals surface area contributed by atoms with Gasteiger partial charge in [-0.05, 0) is 32.3 Å². The van der Waals surface area contributed by atoms with E-state index in [-0.39, 0.29) is 11.2 Å². The Morgan fingerprint density at radius 1 is 1.24 bits per heavy atom. The average molecular weight is 359 g/mol. The van der Waals surface area contributed by atoms with E-state index >= 15 is 0 Å². The maximum atomic E-state index is 13.0. The van der Waals surface area contributed by atoms with E-state index < -0.39 is 0 Å². The molecule has 1 aromatic carbocycles. The van der Waals surface area contributed by atoms with Crippen LogP contribution in [0.1, 0.15) is 62.1 Å². The number of likely N-dealkylation sites (N-methyl/N-ethyl adjacent to an activating group) is 1. The zero-order valence-electron chi connectivity index (χ0n) is 14.9. The van der Waals surface area contributed by atoms with Gasteiger partial charge in [-0.3, -0.25) is 9.89 Å². The molecular weight excluding hydrogens is 332 g/mol. The number of nitrogens with one attached hydrogen (secondary N) is 1. The van der Waals surface area contributed by atoms with E-state index in [4.69, 9.17) is 0 Å². The van der Waals surface area contributed by atoms with Crippen LogP contribution in [-0.4, -0.2) is 39.1 Å². The number of H-pyrrole nitrogens is 1. The van der Waals surface area contributed by atoms with Gasteiger partial charge in [0.15, 0.2) is 0 Å². The van der Waals surface area contributed by atoms with Gasteiger partial charge in [0.2, 0.25) is 11.1 Å². The highest BCUT2D eigenvalue weighted by molar-refractivity contribution is 8.00. The van der Waals surface area contributed by atoms with Crippen LogP contribution in [-0.2, 0) is 4.79 Å². The Kier molecular flexibility index (Phi) is 6.13. The molecule has 0 aliphatic heterocycles. The summed E-state index contributed by atoms with van der Waals surface area (Å²) < 4.78 is 0. The number of rotatable bonds is 7. The summed E-state index contributed by atoms with van der Waals surface area (Å²) in [5, 5.41) is 7.82. The molecule has 3 rings (SSSR count). The summed E-state index contributed by atoms with van der Waals surface area (Å²) >= 11 is 1.44. The van der Waals surface area contributed by atoms with Gasteiger partial charge < -0.3 is 4.90 Å². The lowest BCUT2D eigenvalue weighted by atomic mass is 10.1. The molecule has 1 saturated carbocycles. The topological polar surface area (TPSA) is 61.9 Å². The molecule has 1 amide bonds. The number of aromatic amines is 1. The zero-order valence-corrected chi connectivity index (χ0v) is 15.8. The summed E-state index contributed by atoms with van der Waals surface area (Å²) in [7, 11) is 0. The van der Waals surface area contributed by atoms with Gasteiger partial charge in [-0.1, -0.05) is 54.9 Å². The van der Waals surface area contributed by atoms with E-state index in [1.165, 1.54) is 37.4 Å². The molecule has 1 heterocycles. The highest BCUT2D eigenvalue weighted by atomic mass is 32.2. The molecule has 134 valence electrons. The first-order valence-electron chi connectivity index (χ1n) is 9.15. The van der Waals surface area contributed by atoms with Gasteiger partial charge in [-0.2, -0.15) is 0 Å². The summed E-state index contributed by atoms with van der Waals surface area (Å²) in [6.45, 7) is 5.44. The molecule has 25 heavy (non-hydrogen) atoms. The number of hydrogen-bond donors (Lipinski definition) is 1. The number of thioether (sulfide) groups is 1. The van der Waals surface area contributed by atoms with Gasteiger partial charge in [0, 0.05) is 19.0 Å². The first kappa shape index (κ1) is 18.0. The maximum absolute atomic E-state index is 13.0. The van der Waals surface area contributed by atoms with Crippen LogP contribution in [0.3, 0.4) is 0 Å². The Balaban J connectivity index is 1.81. The summed E-state index contributed by atoms with van der Waals surface area (Å²) in [6, 6.07) is 9.92. The van der Waals surface area contributed by atoms with E-state index in [0.29, 0.717) is 24.2 Å². The van der Waals surface area contributed by atoms with Crippen LogP contribution in [0.15, 0.2) is 35.5 Å². The molecule has 1 aliphatic carbocycles. The van der Waals surface area contributed by atoms with Crippen LogP contribution < -0.4 is 0 Å². The van der Waals surface area contributed by atoms with Crippen LogP contribution in [0, 0.1) is 0 Å². The quantitative estimate of drug-likeness (QED) is 0.755. The van der Waals surface area contributed by atoms with E-state index in [1.807, 2.05) is 49.1 Å². The number of benzene rings is 1. The second-order valence-electron chi connectivity index (χ2n) is 6.40. The standard InChI is InChI=1S/C19H26N4OS/c1-3-23(4-2)18(24)16(14-10-6-5-7-11-14)25-19-20-17(21-22-19)15-12-8-9-13-15/h5-7,10-11,15-16H,3-4,8-9,12-13H2,1-2H3,(H,20,21,22). The number of carbonyl (C=O) groups is 1. The Hall–Kier alpha value is -1.82. The maximum Gasteiger partial charge on any atom is 0.240 e. The molecular formula is C19H26N4OS. The van der Waals surface area contributed by atoms with Gasteiger partial charge in [-0.25, -0.2) is 4.98 Å². The fourth-order valence-corrected chi connectivity index (χ4v) is 4.39. The molecule has 0 bridgehead atoms. The lowest BCUT2D eigenvalue weighted by molar-refractivity contribution is -0.130. The predicted octanol–water partition coefficient (Wildman–Crippen LogP) is 4.16. The van der Waals surface area contributed by atoms with Crippen molar-refractivity contribution in [3.63, 3.8) is 0 Å². The van der Waals surface area contributed by atoms with Crippen LogP contribution in [0.5, 0.6) is 0 Å². The molecule has 1 N–H and O–H groups in total. The monoisotopic (exact) mass is 358 g/mol. The highest BCUT2D eigenvalue weighted by Gasteiger charge is 2.28. The third-order valence-electron chi connectivity index (χ3n) is 4.85. The van der Waals surface area contributed by atoms with Gasteiger partial charge in [0.1, 0.15) is 11.1 Å². The Bertz CT molecular complexity index is 678. The second kappa shape index (κ2) is 8.52. The van der Waals surface area contributed by atoms with Crippen LogP contribution >= 0.6 is 11.8 Å². The van der Waals surface area contributed by atoms with Crippen molar-refractivity contribution in [1.82, 2.24) is 20.1 Å². The second-order valence-corrected chi connectivity index (χ2v) is 7.48. The number of carbonyl (C=O) groups excluding carboxylic acids is 1. The molecule has 0 radical (unpaired) electrons. The van der Waals surface area contributed by atoms with Crippen LogP contribution in [0.2, 0.25) is 0 Å². The predicted molar refractivity (Wildman–Crippen MR) is 101 cm³/mol.